The molecule has 2 heteroatoms. The highest BCUT2D eigenvalue weighted by atomic mass is 28.3. The molecule has 1 N–H and O–H groups in total. The monoisotopic (exact) mass is 379 g/mol. The minimum Gasteiger partial charge on any atom is -0.314 e. The van der Waals surface area contributed by atoms with Crippen LogP contribution >= 0.6 is 0 Å². The number of benzene rings is 1. The van der Waals surface area contributed by atoms with Gasteiger partial charge in [0.2, 0.25) is 0 Å². The molecule has 1 aromatic carbocycles. The van der Waals surface area contributed by atoms with Crippen molar-refractivity contribution in [3.05, 3.63) is 41.5 Å². The fourth-order valence-corrected chi connectivity index (χ4v) is 13.4. The van der Waals surface area contributed by atoms with Gasteiger partial charge in [-0.1, -0.05) is 63.4 Å². The third kappa shape index (κ3) is 2.74. The van der Waals surface area contributed by atoms with Crippen LogP contribution in [0.2, 0.25) is 18.6 Å². The average molecular weight is 380 g/mol. The molecule has 0 spiro atoms. The maximum Gasteiger partial charge on any atom is 0.0632 e. The maximum absolute atomic E-state index is 3.94. The van der Waals surface area contributed by atoms with Gasteiger partial charge in [-0.05, 0) is 84.0 Å². The summed E-state index contributed by atoms with van der Waals surface area (Å²) >= 11 is 0. The number of rotatable bonds is 2. The summed E-state index contributed by atoms with van der Waals surface area (Å²) in [6.07, 6.45) is 10.8. The van der Waals surface area contributed by atoms with E-state index in [1.54, 1.807) is 5.56 Å². The van der Waals surface area contributed by atoms with E-state index in [4.69, 9.17) is 0 Å². The van der Waals surface area contributed by atoms with Crippen LogP contribution in [-0.4, -0.2) is 20.7 Å². The van der Waals surface area contributed by atoms with E-state index < -0.39 is 8.07 Å². The summed E-state index contributed by atoms with van der Waals surface area (Å²) in [6, 6.07) is 9.99. The molecule has 0 amide bonds. The van der Waals surface area contributed by atoms with Gasteiger partial charge in [-0.25, -0.2) is 0 Å². The van der Waals surface area contributed by atoms with Crippen LogP contribution in [0.3, 0.4) is 0 Å². The molecule has 27 heavy (non-hydrogen) atoms. The standard InChI is InChI=1S/C25H37NSi/c1-16-14-21-17(2)19-10-7-13-26-23(19)15-22(21)25(16)27(3,4)24-12-11-18-8-5-6-9-20(18)24/h5-6,8-9,11-12,16-17,19,21-26H,7,10,13-15H2,1-4H3. The van der Waals surface area contributed by atoms with Crippen molar-refractivity contribution in [2.75, 3.05) is 6.54 Å². The van der Waals surface area contributed by atoms with Crippen LogP contribution < -0.4 is 5.32 Å². The van der Waals surface area contributed by atoms with Gasteiger partial charge < -0.3 is 5.32 Å². The molecule has 3 aliphatic carbocycles. The van der Waals surface area contributed by atoms with E-state index in [2.05, 4.69) is 68.7 Å². The lowest BCUT2D eigenvalue weighted by molar-refractivity contribution is 0.0627. The largest absolute Gasteiger partial charge is 0.314 e. The third-order valence-electron chi connectivity index (χ3n) is 9.24. The first-order valence-corrected chi connectivity index (χ1v) is 14.6. The summed E-state index contributed by atoms with van der Waals surface area (Å²) in [5.41, 5.74) is 4.79. The lowest BCUT2D eigenvalue weighted by Crippen LogP contribution is -2.53. The number of hydrogen-bond acceptors (Lipinski definition) is 1. The normalized spacial score (nSPS) is 43.3. The fraction of sp³-hybridized carbons (Fsp3) is 0.680. The molecule has 2 saturated carbocycles. The highest BCUT2D eigenvalue weighted by Gasteiger charge is 2.56. The van der Waals surface area contributed by atoms with Gasteiger partial charge in [0.25, 0.3) is 0 Å². The highest BCUT2D eigenvalue weighted by molar-refractivity contribution is 6.81. The number of piperidine rings is 1. The van der Waals surface area contributed by atoms with Gasteiger partial charge in [0.15, 0.2) is 0 Å². The second kappa shape index (κ2) is 6.59. The molecule has 146 valence electrons. The molecule has 1 aliphatic heterocycles. The summed E-state index contributed by atoms with van der Waals surface area (Å²) in [4.78, 5) is 0. The Balaban J connectivity index is 1.47. The Bertz CT molecular complexity index is 738. The summed E-state index contributed by atoms with van der Waals surface area (Å²) in [6.45, 7) is 11.9. The zero-order valence-electron chi connectivity index (χ0n) is 17.6. The molecule has 8 unspecified atom stereocenters. The van der Waals surface area contributed by atoms with Crippen molar-refractivity contribution in [1.82, 2.24) is 5.32 Å². The molecule has 0 aromatic heterocycles. The van der Waals surface area contributed by atoms with Gasteiger partial charge in [-0.15, -0.1) is 0 Å². The van der Waals surface area contributed by atoms with Crippen molar-refractivity contribution in [2.45, 2.75) is 69.7 Å². The highest BCUT2D eigenvalue weighted by Crippen LogP contribution is 2.61. The Morgan fingerprint density at radius 3 is 2.67 bits per heavy atom. The van der Waals surface area contributed by atoms with E-state index in [9.17, 15) is 0 Å². The molecule has 0 bridgehead atoms. The predicted octanol–water partition coefficient (Wildman–Crippen LogP) is 6.10. The van der Waals surface area contributed by atoms with Crippen LogP contribution in [0.15, 0.2) is 30.3 Å². The van der Waals surface area contributed by atoms with Crippen molar-refractivity contribution in [3.63, 3.8) is 0 Å². The van der Waals surface area contributed by atoms with E-state index in [0.29, 0.717) is 5.54 Å². The first-order valence-electron chi connectivity index (χ1n) is 11.5. The first kappa shape index (κ1) is 18.2. The molecule has 0 radical (unpaired) electrons. The van der Waals surface area contributed by atoms with Crippen LogP contribution in [-0.2, 0) is 0 Å². The zero-order chi connectivity index (χ0) is 18.8. The lowest BCUT2D eigenvalue weighted by Gasteiger charge is -2.50. The summed E-state index contributed by atoms with van der Waals surface area (Å²) in [7, 11) is -1.46. The second-order valence-electron chi connectivity index (χ2n) is 10.8. The van der Waals surface area contributed by atoms with Gasteiger partial charge in [-0.2, -0.15) is 0 Å². The minimum absolute atomic E-state index is 0.715. The second-order valence-corrected chi connectivity index (χ2v) is 15.7. The molecule has 1 aromatic rings. The predicted molar refractivity (Wildman–Crippen MR) is 119 cm³/mol. The summed E-state index contributed by atoms with van der Waals surface area (Å²) in [5, 5.41) is 3.94. The van der Waals surface area contributed by atoms with E-state index in [0.717, 1.165) is 41.2 Å². The lowest BCUT2D eigenvalue weighted by atomic mass is 9.64. The number of nitrogens with one attached hydrogen (secondary N) is 1. The zero-order valence-corrected chi connectivity index (χ0v) is 18.6. The van der Waals surface area contributed by atoms with Crippen molar-refractivity contribution >= 4 is 14.1 Å². The number of fused-ring (bicyclic) bond motifs is 3. The third-order valence-corrected chi connectivity index (χ3v) is 14.1. The van der Waals surface area contributed by atoms with Crippen LogP contribution in [0.5, 0.6) is 0 Å². The molecule has 8 atom stereocenters. The van der Waals surface area contributed by atoms with Crippen molar-refractivity contribution in [3.8, 4) is 0 Å². The van der Waals surface area contributed by atoms with Crippen molar-refractivity contribution in [1.29, 1.82) is 0 Å². The molecule has 1 heterocycles. The molecular formula is C25H37NSi. The molecule has 5 rings (SSSR count). The summed E-state index contributed by atoms with van der Waals surface area (Å²) < 4.78 is 0. The fourth-order valence-electron chi connectivity index (χ4n) is 8.23. The van der Waals surface area contributed by atoms with Crippen molar-refractivity contribution in [2.24, 2.45) is 29.6 Å². The first-order chi connectivity index (χ1) is 13.0. The average Bonchev–Trinajstić information content (AvgIpc) is 3.23. The van der Waals surface area contributed by atoms with Gasteiger partial charge in [0, 0.05) is 6.04 Å². The van der Waals surface area contributed by atoms with Crippen molar-refractivity contribution < 1.29 is 0 Å². The Hall–Kier alpha value is -0.863. The van der Waals surface area contributed by atoms with Gasteiger partial charge in [0.05, 0.1) is 8.07 Å². The number of allylic oxidation sites excluding steroid dienone is 1. The number of hydrogen-bond donors (Lipinski definition) is 1. The Labute approximate surface area is 167 Å². The molecule has 1 saturated heterocycles. The van der Waals surface area contributed by atoms with Gasteiger partial charge in [-0.3, -0.25) is 0 Å². The topological polar surface area (TPSA) is 12.0 Å². The van der Waals surface area contributed by atoms with E-state index >= 15 is 0 Å². The Morgan fingerprint density at radius 2 is 1.81 bits per heavy atom. The molecular weight excluding hydrogens is 342 g/mol. The Kier molecular flexibility index (Phi) is 4.44. The van der Waals surface area contributed by atoms with Crippen LogP contribution in [0.4, 0.5) is 0 Å². The Morgan fingerprint density at radius 1 is 1.00 bits per heavy atom. The quantitative estimate of drug-likeness (QED) is 0.613. The van der Waals surface area contributed by atoms with E-state index in [1.165, 1.54) is 37.8 Å². The maximum atomic E-state index is 3.94. The SMILES string of the molecule is CC1CC2C(C)C3CCCNC3CC2C1[Si](C)(C)C1C=Cc2ccccc21. The molecule has 3 fully saturated rings. The van der Waals surface area contributed by atoms with Crippen LogP contribution in [0, 0.1) is 29.6 Å². The smallest absolute Gasteiger partial charge is 0.0632 e. The van der Waals surface area contributed by atoms with Crippen LogP contribution in [0.25, 0.3) is 6.08 Å². The van der Waals surface area contributed by atoms with E-state index in [-0.39, 0.29) is 0 Å². The van der Waals surface area contributed by atoms with E-state index in [1.807, 2.05) is 0 Å². The van der Waals surface area contributed by atoms with Gasteiger partial charge >= 0.3 is 0 Å². The van der Waals surface area contributed by atoms with Gasteiger partial charge in [0.1, 0.15) is 0 Å². The molecule has 4 aliphatic rings. The minimum atomic E-state index is -1.46. The summed E-state index contributed by atoms with van der Waals surface area (Å²) in [5.74, 6) is 4.72. The van der Waals surface area contributed by atoms with Crippen LogP contribution in [0.1, 0.15) is 56.2 Å². The molecule has 1 nitrogen and oxygen atoms in total.